The molecule has 0 aliphatic heterocycles. The standard InChI is InChI=1S/C16H16BrNO2/c1-8-6-7-9(2)14-12(8)13(16(19)20)10-4-3-5-11(17)15(10)18-14/h3-5,8-9H,6-7H2,1-2H3,(H,19,20). The van der Waals surface area contributed by atoms with Crippen LogP contribution in [0.4, 0.5) is 0 Å². The van der Waals surface area contributed by atoms with Gasteiger partial charge < -0.3 is 5.11 Å². The van der Waals surface area contributed by atoms with Crippen molar-refractivity contribution in [1.29, 1.82) is 0 Å². The number of hydrogen-bond donors (Lipinski definition) is 1. The molecule has 1 N–H and O–H groups in total. The Kier molecular flexibility index (Phi) is 3.28. The molecule has 2 unspecified atom stereocenters. The molecule has 0 saturated carbocycles. The Morgan fingerprint density at radius 2 is 2.00 bits per heavy atom. The highest BCUT2D eigenvalue weighted by molar-refractivity contribution is 9.10. The number of carboxylic acid groups (broad SMARTS) is 1. The fourth-order valence-electron chi connectivity index (χ4n) is 3.17. The van der Waals surface area contributed by atoms with E-state index in [2.05, 4.69) is 29.8 Å². The van der Waals surface area contributed by atoms with Crippen molar-refractivity contribution in [3.63, 3.8) is 0 Å². The van der Waals surface area contributed by atoms with Gasteiger partial charge in [-0.25, -0.2) is 4.79 Å². The highest BCUT2D eigenvalue weighted by Crippen LogP contribution is 2.42. The van der Waals surface area contributed by atoms with Crippen LogP contribution in [0, 0.1) is 0 Å². The van der Waals surface area contributed by atoms with Crippen molar-refractivity contribution < 1.29 is 9.90 Å². The maximum Gasteiger partial charge on any atom is 0.336 e. The van der Waals surface area contributed by atoms with Gasteiger partial charge in [0.05, 0.1) is 11.1 Å². The lowest BCUT2D eigenvalue weighted by atomic mass is 9.78. The summed E-state index contributed by atoms with van der Waals surface area (Å²) < 4.78 is 0.853. The summed E-state index contributed by atoms with van der Waals surface area (Å²) in [4.78, 5) is 16.6. The smallest absolute Gasteiger partial charge is 0.336 e. The van der Waals surface area contributed by atoms with Gasteiger partial charge in [0, 0.05) is 15.6 Å². The lowest BCUT2D eigenvalue weighted by molar-refractivity contribution is 0.0696. The second-order valence-electron chi connectivity index (χ2n) is 5.61. The number of rotatable bonds is 1. The van der Waals surface area contributed by atoms with Crippen molar-refractivity contribution in [3.8, 4) is 0 Å². The Balaban J connectivity index is 2.48. The van der Waals surface area contributed by atoms with E-state index in [-0.39, 0.29) is 5.92 Å². The SMILES string of the molecule is CC1CCC(C)c2c1nc1c(Br)cccc1c2C(=O)O. The van der Waals surface area contributed by atoms with E-state index in [0.717, 1.165) is 39.5 Å². The zero-order valence-corrected chi connectivity index (χ0v) is 13.1. The third-order valence-electron chi connectivity index (χ3n) is 4.24. The van der Waals surface area contributed by atoms with Gasteiger partial charge in [0.1, 0.15) is 0 Å². The Bertz CT molecular complexity index is 711. The summed E-state index contributed by atoms with van der Waals surface area (Å²) in [6, 6.07) is 5.62. The molecule has 1 aromatic carbocycles. The lowest BCUT2D eigenvalue weighted by Crippen LogP contribution is -2.18. The summed E-state index contributed by atoms with van der Waals surface area (Å²) in [5, 5.41) is 10.4. The van der Waals surface area contributed by atoms with Crippen LogP contribution >= 0.6 is 15.9 Å². The molecule has 2 aromatic rings. The molecule has 0 bridgehead atoms. The maximum atomic E-state index is 11.8. The number of nitrogens with zero attached hydrogens (tertiary/aromatic N) is 1. The second-order valence-corrected chi connectivity index (χ2v) is 6.46. The van der Waals surface area contributed by atoms with E-state index < -0.39 is 5.97 Å². The van der Waals surface area contributed by atoms with E-state index in [1.165, 1.54) is 0 Å². The molecule has 3 nitrogen and oxygen atoms in total. The molecule has 1 aliphatic rings. The van der Waals surface area contributed by atoms with Crippen LogP contribution in [0.1, 0.15) is 60.1 Å². The van der Waals surface area contributed by atoms with Gasteiger partial charge >= 0.3 is 5.97 Å². The first-order valence-electron chi connectivity index (χ1n) is 6.86. The average Bonchev–Trinajstić information content (AvgIpc) is 2.41. The van der Waals surface area contributed by atoms with Crippen LogP contribution in [0.15, 0.2) is 22.7 Å². The van der Waals surface area contributed by atoms with Gasteiger partial charge in [-0.15, -0.1) is 0 Å². The first-order valence-corrected chi connectivity index (χ1v) is 7.65. The molecule has 0 spiro atoms. The Labute approximate surface area is 126 Å². The number of aromatic carboxylic acids is 1. The number of hydrogen-bond acceptors (Lipinski definition) is 2. The van der Waals surface area contributed by atoms with Gasteiger partial charge in [-0.3, -0.25) is 4.98 Å². The number of carboxylic acids is 1. The van der Waals surface area contributed by atoms with Crippen molar-refractivity contribution >= 4 is 32.8 Å². The number of halogens is 1. The fourth-order valence-corrected chi connectivity index (χ4v) is 3.63. The van der Waals surface area contributed by atoms with Crippen LogP contribution in [0.25, 0.3) is 10.9 Å². The molecule has 3 rings (SSSR count). The molecule has 0 fully saturated rings. The van der Waals surface area contributed by atoms with E-state index in [4.69, 9.17) is 4.98 Å². The third-order valence-corrected chi connectivity index (χ3v) is 4.88. The van der Waals surface area contributed by atoms with Gasteiger partial charge in [0.25, 0.3) is 0 Å². The van der Waals surface area contributed by atoms with E-state index in [9.17, 15) is 9.90 Å². The fraction of sp³-hybridized carbons (Fsp3) is 0.375. The molecule has 0 saturated heterocycles. The molecular formula is C16H16BrNO2. The lowest BCUT2D eigenvalue weighted by Gasteiger charge is -2.28. The molecule has 1 heterocycles. The maximum absolute atomic E-state index is 11.8. The van der Waals surface area contributed by atoms with Gasteiger partial charge in [0.15, 0.2) is 0 Å². The summed E-state index contributed by atoms with van der Waals surface area (Å²) in [5.41, 5.74) is 3.08. The molecule has 0 radical (unpaired) electrons. The zero-order valence-electron chi connectivity index (χ0n) is 11.5. The van der Waals surface area contributed by atoms with Crippen LogP contribution in [-0.4, -0.2) is 16.1 Å². The number of fused-ring (bicyclic) bond motifs is 2. The molecule has 2 atom stereocenters. The van der Waals surface area contributed by atoms with E-state index >= 15 is 0 Å². The van der Waals surface area contributed by atoms with Gasteiger partial charge in [0.2, 0.25) is 0 Å². The molecule has 4 heteroatoms. The molecule has 1 aromatic heterocycles. The Morgan fingerprint density at radius 3 is 2.70 bits per heavy atom. The van der Waals surface area contributed by atoms with Crippen LogP contribution < -0.4 is 0 Å². The predicted octanol–water partition coefficient (Wildman–Crippen LogP) is 4.70. The largest absolute Gasteiger partial charge is 0.478 e. The highest BCUT2D eigenvalue weighted by atomic mass is 79.9. The number of benzene rings is 1. The van der Waals surface area contributed by atoms with Crippen molar-refractivity contribution in [2.24, 2.45) is 0 Å². The van der Waals surface area contributed by atoms with E-state index in [1.807, 2.05) is 18.2 Å². The highest BCUT2D eigenvalue weighted by Gasteiger charge is 2.30. The number of aromatic nitrogens is 1. The van der Waals surface area contributed by atoms with Crippen LogP contribution in [0.3, 0.4) is 0 Å². The number of pyridine rings is 1. The van der Waals surface area contributed by atoms with Crippen molar-refractivity contribution in [1.82, 2.24) is 4.98 Å². The van der Waals surface area contributed by atoms with Crippen LogP contribution in [-0.2, 0) is 0 Å². The number of para-hydroxylation sites is 1. The normalized spacial score (nSPS) is 21.8. The molecule has 104 valence electrons. The average molecular weight is 334 g/mol. The Hall–Kier alpha value is -1.42. The molecule has 20 heavy (non-hydrogen) atoms. The second kappa shape index (κ2) is 4.85. The third kappa shape index (κ3) is 1.94. The minimum absolute atomic E-state index is 0.253. The van der Waals surface area contributed by atoms with Gasteiger partial charge in [-0.1, -0.05) is 26.0 Å². The molecular weight excluding hydrogens is 318 g/mol. The Morgan fingerprint density at radius 1 is 1.30 bits per heavy atom. The van der Waals surface area contributed by atoms with Crippen molar-refractivity contribution in [3.05, 3.63) is 39.5 Å². The topological polar surface area (TPSA) is 50.2 Å². The van der Waals surface area contributed by atoms with E-state index in [0.29, 0.717) is 11.5 Å². The predicted molar refractivity (Wildman–Crippen MR) is 82.5 cm³/mol. The first-order chi connectivity index (χ1) is 9.50. The summed E-state index contributed by atoms with van der Waals surface area (Å²) in [6.45, 7) is 4.23. The molecule has 1 aliphatic carbocycles. The zero-order chi connectivity index (χ0) is 14.4. The monoisotopic (exact) mass is 333 g/mol. The summed E-state index contributed by atoms with van der Waals surface area (Å²) >= 11 is 3.49. The minimum atomic E-state index is -0.854. The summed E-state index contributed by atoms with van der Waals surface area (Å²) in [7, 11) is 0. The van der Waals surface area contributed by atoms with Crippen molar-refractivity contribution in [2.75, 3.05) is 0 Å². The van der Waals surface area contributed by atoms with E-state index in [1.54, 1.807) is 0 Å². The summed E-state index contributed by atoms with van der Waals surface area (Å²) in [6.07, 6.45) is 2.09. The minimum Gasteiger partial charge on any atom is -0.478 e. The first kappa shape index (κ1) is 13.6. The molecule has 0 amide bonds. The van der Waals surface area contributed by atoms with Gasteiger partial charge in [-0.05, 0) is 52.2 Å². The van der Waals surface area contributed by atoms with Crippen molar-refractivity contribution in [2.45, 2.75) is 38.5 Å². The van der Waals surface area contributed by atoms with Crippen LogP contribution in [0.2, 0.25) is 0 Å². The van der Waals surface area contributed by atoms with Gasteiger partial charge in [-0.2, -0.15) is 0 Å². The summed E-state index contributed by atoms with van der Waals surface area (Å²) in [5.74, 6) is -0.285. The number of carbonyl (C=O) groups is 1. The quantitative estimate of drug-likeness (QED) is 0.823. The van der Waals surface area contributed by atoms with Crippen LogP contribution in [0.5, 0.6) is 0 Å².